The van der Waals surface area contributed by atoms with Crippen LogP contribution in [0.1, 0.15) is 0 Å². The van der Waals surface area contributed by atoms with Gasteiger partial charge in [0.1, 0.15) is 0 Å². The van der Waals surface area contributed by atoms with Crippen molar-refractivity contribution in [3.05, 3.63) is 224 Å². The smallest absolute Gasteiger partial charge is 0.166 e. The molecule has 0 atom stereocenters. The molecule has 0 saturated carbocycles. The number of para-hydroxylation sites is 3. The fourth-order valence-corrected chi connectivity index (χ4v) is 14.0. The lowest BCUT2D eigenvalue weighted by Gasteiger charge is -2.17. The average Bonchev–Trinajstić information content (AvgIpc) is 4.20. The molecule has 0 aliphatic heterocycles. The first kappa shape index (κ1) is 39.8. The van der Waals surface area contributed by atoms with Crippen molar-refractivity contribution < 1.29 is 0 Å². The van der Waals surface area contributed by atoms with Crippen molar-refractivity contribution in [1.82, 2.24) is 24.1 Å². The summed E-state index contributed by atoms with van der Waals surface area (Å²) in [5.41, 5.74) is 9.47. The third kappa shape index (κ3) is 5.71. The van der Waals surface area contributed by atoms with Crippen LogP contribution in [-0.2, 0) is 0 Å². The van der Waals surface area contributed by atoms with Crippen LogP contribution in [0.15, 0.2) is 224 Å². The van der Waals surface area contributed by atoms with Gasteiger partial charge >= 0.3 is 0 Å². The standard InChI is InChI=1S/C65H37N5S2/c1-2-19-41(20-3-1)69-52-28-12-9-23-44(52)58-47(25-14-29-53(58)69)63-66-64(48-26-15-31-56-59(48)45-24-10-13-30-55(45)71-56)68-65(67-63)49-34-35-57-60(46-33-32-38-16-6-7-21-42(38)62(46)72-57)61(49)70-51-27-11-8-22-43(51)50-36-39-17-4-5-18-40(39)37-54(50)70/h1-37H. The number of hydrogen-bond acceptors (Lipinski definition) is 5. The Morgan fingerprint density at radius 1 is 0.292 bits per heavy atom. The summed E-state index contributed by atoms with van der Waals surface area (Å²) in [6.07, 6.45) is 0. The van der Waals surface area contributed by atoms with Gasteiger partial charge in [-0.2, -0.15) is 0 Å². The summed E-state index contributed by atoms with van der Waals surface area (Å²) in [4.78, 5) is 17.0. The Kier molecular flexibility index (Phi) is 8.43. The molecule has 5 nitrogen and oxygen atoms in total. The Balaban J connectivity index is 1.07. The van der Waals surface area contributed by atoms with Crippen molar-refractivity contribution in [2.45, 2.75) is 0 Å². The molecule has 16 rings (SSSR count). The maximum atomic E-state index is 5.73. The number of hydrogen-bond donors (Lipinski definition) is 0. The number of fused-ring (bicyclic) bond motifs is 15. The highest BCUT2D eigenvalue weighted by molar-refractivity contribution is 7.27. The first-order valence-electron chi connectivity index (χ1n) is 24.3. The van der Waals surface area contributed by atoms with E-state index < -0.39 is 0 Å². The highest BCUT2D eigenvalue weighted by Crippen LogP contribution is 2.48. The second-order valence-electron chi connectivity index (χ2n) is 18.6. The van der Waals surface area contributed by atoms with Gasteiger partial charge in [0.05, 0.1) is 27.8 Å². The molecule has 0 unspecified atom stereocenters. The van der Waals surface area contributed by atoms with Crippen molar-refractivity contribution in [3.8, 4) is 45.5 Å². The summed E-state index contributed by atoms with van der Waals surface area (Å²) in [5.74, 6) is 1.86. The quantitative estimate of drug-likeness (QED) is 0.173. The Bertz CT molecular complexity index is 4940. The van der Waals surface area contributed by atoms with E-state index >= 15 is 0 Å². The predicted octanol–water partition coefficient (Wildman–Crippen LogP) is 18.1. The predicted molar refractivity (Wildman–Crippen MR) is 306 cm³/mol. The van der Waals surface area contributed by atoms with Gasteiger partial charge in [-0.1, -0.05) is 158 Å². The fraction of sp³-hybridized carbons (Fsp3) is 0. The van der Waals surface area contributed by atoms with E-state index in [0.717, 1.165) is 66.3 Å². The van der Waals surface area contributed by atoms with E-state index in [1.54, 1.807) is 0 Å². The Hall–Kier alpha value is -9.01. The highest BCUT2D eigenvalue weighted by Gasteiger charge is 2.26. The van der Waals surface area contributed by atoms with E-state index in [9.17, 15) is 0 Å². The molecule has 0 amide bonds. The van der Waals surface area contributed by atoms with Crippen LogP contribution >= 0.6 is 22.7 Å². The van der Waals surface area contributed by atoms with Gasteiger partial charge in [-0.05, 0) is 88.3 Å². The minimum absolute atomic E-state index is 0.610. The molecule has 11 aromatic carbocycles. The summed E-state index contributed by atoms with van der Waals surface area (Å²) >= 11 is 3.67. The van der Waals surface area contributed by atoms with E-state index in [0.29, 0.717) is 17.5 Å². The summed E-state index contributed by atoms with van der Waals surface area (Å²) in [6, 6.07) is 81.3. The molecular weight excluding hydrogens is 915 g/mol. The first-order chi connectivity index (χ1) is 35.7. The highest BCUT2D eigenvalue weighted by atomic mass is 32.1. The molecule has 0 bridgehead atoms. The van der Waals surface area contributed by atoms with E-state index in [4.69, 9.17) is 15.0 Å². The molecule has 16 aromatic rings. The number of rotatable bonds is 5. The van der Waals surface area contributed by atoms with Gasteiger partial charge < -0.3 is 9.13 Å². The number of benzene rings is 11. The zero-order valence-electron chi connectivity index (χ0n) is 38.4. The first-order valence-corrected chi connectivity index (χ1v) is 25.9. The van der Waals surface area contributed by atoms with Crippen LogP contribution in [0.5, 0.6) is 0 Å². The van der Waals surface area contributed by atoms with Gasteiger partial charge in [-0.3, -0.25) is 0 Å². The third-order valence-electron chi connectivity index (χ3n) is 14.7. The van der Waals surface area contributed by atoms with Crippen molar-refractivity contribution >= 4 is 128 Å². The Morgan fingerprint density at radius 2 is 0.875 bits per heavy atom. The van der Waals surface area contributed by atoms with Crippen molar-refractivity contribution in [2.75, 3.05) is 0 Å². The second-order valence-corrected chi connectivity index (χ2v) is 20.8. The van der Waals surface area contributed by atoms with Gasteiger partial charge in [-0.15, -0.1) is 22.7 Å². The molecular formula is C65H37N5S2. The lowest BCUT2D eigenvalue weighted by molar-refractivity contribution is 1.07. The maximum absolute atomic E-state index is 5.73. The van der Waals surface area contributed by atoms with Crippen molar-refractivity contribution in [1.29, 1.82) is 0 Å². The van der Waals surface area contributed by atoms with Gasteiger partial charge in [0.25, 0.3) is 0 Å². The zero-order valence-corrected chi connectivity index (χ0v) is 40.0. The fourth-order valence-electron chi connectivity index (χ4n) is 11.6. The van der Waals surface area contributed by atoms with E-state index in [1.165, 1.54) is 67.3 Å². The third-order valence-corrected chi connectivity index (χ3v) is 17.1. The summed E-state index contributed by atoms with van der Waals surface area (Å²) < 4.78 is 9.76. The molecule has 7 heteroatoms. The summed E-state index contributed by atoms with van der Waals surface area (Å²) in [6.45, 7) is 0. The Morgan fingerprint density at radius 3 is 1.68 bits per heavy atom. The molecule has 0 N–H and O–H groups in total. The van der Waals surface area contributed by atoms with Crippen LogP contribution < -0.4 is 0 Å². The normalized spacial score (nSPS) is 12.2. The van der Waals surface area contributed by atoms with Crippen LogP contribution in [-0.4, -0.2) is 24.1 Å². The van der Waals surface area contributed by atoms with Gasteiger partial charge in [-0.25, -0.2) is 15.0 Å². The molecule has 0 radical (unpaired) electrons. The van der Waals surface area contributed by atoms with E-state index in [-0.39, 0.29) is 0 Å². The maximum Gasteiger partial charge on any atom is 0.166 e. The van der Waals surface area contributed by atoms with Crippen LogP contribution in [0.4, 0.5) is 0 Å². The van der Waals surface area contributed by atoms with E-state index in [1.807, 2.05) is 22.7 Å². The van der Waals surface area contributed by atoms with Crippen LogP contribution in [0.2, 0.25) is 0 Å². The summed E-state index contributed by atoms with van der Waals surface area (Å²) in [5, 5.41) is 14.2. The Labute approximate surface area is 419 Å². The largest absolute Gasteiger partial charge is 0.309 e. The van der Waals surface area contributed by atoms with Gasteiger partial charge in [0.15, 0.2) is 17.5 Å². The van der Waals surface area contributed by atoms with E-state index in [2.05, 4.69) is 234 Å². The van der Waals surface area contributed by atoms with Gasteiger partial charge in [0, 0.05) is 84.3 Å². The second kappa shape index (κ2) is 15.2. The minimum Gasteiger partial charge on any atom is -0.309 e. The molecule has 5 aromatic heterocycles. The van der Waals surface area contributed by atoms with Crippen molar-refractivity contribution in [3.63, 3.8) is 0 Å². The number of nitrogens with zero attached hydrogens (tertiary/aromatic N) is 5. The zero-order chi connectivity index (χ0) is 47.0. The lowest BCUT2D eigenvalue weighted by Crippen LogP contribution is -2.04. The molecule has 0 spiro atoms. The number of aromatic nitrogens is 5. The van der Waals surface area contributed by atoms with Gasteiger partial charge in [0.2, 0.25) is 0 Å². The van der Waals surface area contributed by atoms with Crippen LogP contribution in [0.3, 0.4) is 0 Å². The topological polar surface area (TPSA) is 48.5 Å². The molecule has 0 fully saturated rings. The molecule has 72 heavy (non-hydrogen) atoms. The van der Waals surface area contributed by atoms with Crippen LogP contribution in [0, 0.1) is 0 Å². The molecule has 0 aliphatic carbocycles. The lowest BCUT2D eigenvalue weighted by atomic mass is 10.0. The molecule has 334 valence electrons. The molecule has 5 heterocycles. The molecule has 0 saturated heterocycles. The minimum atomic E-state index is 0.610. The van der Waals surface area contributed by atoms with Crippen LogP contribution in [0.25, 0.3) is 151 Å². The number of thiophene rings is 2. The average molecular weight is 952 g/mol. The SMILES string of the molecule is c1ccc(-n2c3ccccc3c3c(-c4nc(-c5ccc6sc7c8ccccc8ccc7c6c5-n5c6ccccc6c6cc7ccccc7cc65)nc(-c5cccc6sc7ccccc7c56)n4)cccc32)cc1. The van der Waals surface area contributed by atoms with Crippen molar-refractivity contribution in [2.24, 2.45) is 0 Å². The monoisotopic (exact) mass is 951 g/mol. The molecule has 0 aliphatic rings. The summed E-state index contributed by atoms with van der Waals surface area (Å²) in [7, 11) is 0.